The van der Waals surface area contributed by atoms with E-state index in [4.69, 9.17) is 18.6 Å². The maximum absolute atomic E-state index is 5.96. The summed E-state index contributed by atoms with van der Waals surface area (Å²) >= 11 is 0. The first-order valence-corrected chi connectivity index (χ1v) is 6.59. The van der Waals surface area contributed by atoms with Crippen LogP contribution in [0.5, 0.6) is 0 Å². The summed E-state index contributed by atoms with van der Waals surface area (Å²) in [5.74, 6) is 0. The first-order chi connectivity index (χ1) is 7.88. The van der Waals surface area contributed by atoms with Gasteiger partial charge in [-0.15, -0.1) is 0 Å². The summed E-state index contributed by atoms with van der Waals surface area (Å²) in [4.78, 5) is 0. The van der Waals surface area contributed by atoms with Gasteiger partial charge >= 0.3 is 14.0 Å². The van der Waals surface area contributed by atoms with Crippen molar-refractivity contribution in [3.05, 3.63) is 0 Å². The highest BCUT2D eigenvalue weighted by molar-refractivity contribution is 7.11. The van der Waals surface area contributed by atoms with Gasteiger partial charge in [0, 0.05) is 5.50 Å². The average Bonchev–Trinajstić information content (AvgIpc) is 2.45. The van der Waals surface area contributed by atoms with Crippen LogP contribution in [-0.4, -0.2) is 44.2 Å². The third-order valence-electron chi connectivity index (χ3n) is 4.77. The molecule has 0 radical (unpaired) electrons. The standard InChI is InChI=1S/C11H23B3O4/c1-8(2)9(3,4)16-13(15-8)14-17-10(5,6)11(7,12)18-14/h12H2,1-7H3. The molecule has 2 fully saturated rings. The first-order valence-electron chi connectivity index (χ1n) is 6.59. The van der Waals surface area contributed by atoms with E-state index in [0.717, 1.165) is 0 Å². The van der Waals surface area contributed by atoms with Crippen LogP contribution in [0.2, 0.25) is 0 Å². The molecule has 2 aliphatic rings. The Kier molecular flexibility index (Phi) is 3.03. The molecule has 2 rings (SSSR count). The molecule has 18 heavy (non-hydrogen) atoms. The molecule has 0 aromatic carbocycles. The van der Waals surface area contributed by atoms with Crippen LogP contribution in [0.3, 0.4) is 0 Å². The van der Waals surface area contributed by atoms with Gasteiger partial charge in [0.05, 0.1) is 16.8 Å². The Hall–Kier alpha value is 0.0348. The van der Waals surface area contributed by atoms with E-state index >= 15 is 0 Å². The molecule has 0 spiro atoms. The minimum Gasteiger partial charge on any atom is -0.413 e. The topological polar surface area (TPSA) is 36.9 Å². The molecule has 1 unspecified atom stereocenters. The lowest BCUT2D eigenvalue weighted by molar-refractivity contribution is 0.00578. The Labute approximate surface area is 112 Å². The van der Waals surface area contributed by atoms with Gasteiger partial charge in [-0.25, -0.2) is 0 Å². The van der Waals surface area contributed by atoms with Crippen LogP contribution in [0.1, 0.15) is 48.5 Å². The van der Waals surface area contributed by atoms with Crippen molar-refractivity contribution >= 4 is 21.9 Å². The molecule has 0 amide bonds. The fourth-order valence-electron chi connectivity index (χ4n) is 2.00. The van der Waals surface area contributed by atoms with Crippen molar-refractivity contribution < 1.29 is 18.6 Å². The Morgan fingerprint density at radius 1 is 0.611 bits per heavy atom. The van der Waals surface area contributed by atoms with Crippen molar-refractivity contribution in [2.24, 2.45) is 0 Å². The summed E-state index contributed by atoms with van der Waals surface area (Å²) in [5, 5.41) is 0. The predicted molar refractivity (Wildman–Crippen MR) is 75.0 cm³/mol. The van der Waals surface area contributed by atoms with Gasteiger partial charge < -0.3 is 18.6 Å². The number of rotatable bonds is 1. The van der Waals surface area contributed by atoms with Crippen LogP contribution >= 0.6 is 0 Å². The van der Waals surface area contributed by atoms with E-state index in [1.54, 1.807) is 0 Å². The lowest BCUT2D eigenvalue weighted by Crippen LogP contribution is -2.45. The van der Waals surface area contributed by atoms with Crippen LogP contribution in [0.25, 0.3) is 0 Å². The smallest absolute Gasteiger partial charge is 0.413 e. The summed E-state index contributed by atoms with van der Waals surface area (Å²) in [6.45, 7) is 14.2. The summed E-state index contributed by atoms with van der Waals surface area (Å²) in [6, 6.07) is 0. The Morgan fingerprint density at radius 2 is 0.944 bits per heavy atom. The quantitative estimate of drug-likeness (QED) is 0.647. The zero-order valence-electron chi connectivity index (χ0n) is 12.8. The second-order valence-corrected chi connectivity index (χ2v) is 7.25. The molecule has 0 saturated carbocycles. The van der Waals surface area contributed by atoms with Crippen molar-refractivity contribution in [2.45, 2.75) is 70.8 Å². The molecular weight excluding hydrogens is 229 g/mol. The number of hydrogen-bond acceptors (Lipinski definition) is 4. The van der Waals surface area contributed by atoms with Crippen molar-refractivity contribution in [1.29, 1.82) is 0 Å². The van der Waals surface area contributed by atoms with Gasteiger partial charge in [0.25, 0.3) is 0 Å². The van der Waals surface area contributed by atoms with Crippen LogP contribution in [0.4, 0.5) is 0 Å². The van der Waals surface area contributed by atoms with Gasteiger partial charge in [-0.1, -0.05) is 0 Å². The highest BCUT2D eigenvalue weighted by Gasteiger charge is 2.63. The maximum Gasteiger partial charge on any atom is 0.488 e. The van der Waals surface area contributed by atoms with Crippen molar-refractivity contribution in [3.63, 3.8) is 0 Å². The molecule has 0 bridgehead atoms. The normalized spacial score (nSPS) is 37.3. The molecule has 2 heterocycles. The summed E-state index contributed by atoms with van der Waals surface area (Å²) in [7, 11) is 1.07. The van der Waals surface area contributed by atoms with Crippen LogP contribution in [0, 0.1) is 0 Å². The van der Waals surface area contributed by atoms with E-state index in [1.165, 1.54) is 0 Å². The van der Waals surface area contributed by atoms with E-state index in [-0.39, 0.29) is 22.3 Å². The van der Waals surface area contributed by atoms with Gasteiger partial charge in [-0.05, 0) is 48.5 Å². The van der Waals surface area contributed by atoms with Gasteiger partial charge in [-0.3, -0.25) is 0 Å². The molecule has 0 N–H and O–H groups in total. The lowest BCUT2D eigenvalue weighted by atomic mass is 9.49. The monoisotopic (exact) mass is 252 g/mol. The average molecular weight is 252 g/mol. The molecule has 1 atom stereocenters. The molecule has 100 valence electrons. The highest BCUT2D eigenvalue weighted by atomic mass is 16.7. The lowest BCUT2D eigenvalue weighted by Gasteiger charge is -2.32. The molecular formula is C11H23B3O4. The minimum absolute atomic E-state index is 0.360. The van der Waals surface area contributed by atoms with Crippen molar-refractivity contribution in [1.82, 2.24) is 0 Å². The number of hydrogen-bond donors (Lipinski definition) is 0. The van der Waals surface area contributed by atoms with Gasteiger partial charge in [0.1, 0.15) is 7.85 Å². The Morgan fingerprint density at radius 3 is 1.28 bits per heavy atom. The van der Waals surface area contributed by atoms with Crippen molar-refractivity contribution in [2.75, 3.05) is 0 Å². The first kappa shape index (κ1) is 14.4. The predicted octanol–water partition coefficient (Wildman–Crippen LogP) is 0.820. The second kappa shape index (κ2) is 3.78. The van der Waals surface area contributed by atoms with E-state index in [2.05, 4.69) is 0 Å². The molecule has 2 aliphatic heterocycles. The SMILES string of the molecule is BC1(C)OB(B2OC(C)(C)C(C)(C)O2)OC1(C)C. The zero-order valence-corrected chi connectivity index (χ0v) is 12.8. The van der Waals surface area contributed by atoms with Gasteiger partial charge in [0.15, 0.2) is 0 Å². The maximum atomic E-state index is 5.96. The van der Waals surface area contributed by atoms with Crippen LogP contribution in [-0.2, 0) is 18.6 Å². The fraction of sp³-hybridized carbons (Fsp3) is 1.00. The zero-order chi connectivity index (χ0) is 14.0. The molecule has 2 saturated heterocycles. The van der Waals surface area contributed by atoms with Crippen LogP contribution < -0.4 is 0 Å². The summed E-state index contributed by atoms with van der Waals surface area (Å²) in [6.07, 6.45) is 0. The summed E-state index contributed by atoms with van der Waals surface area (Å²) in [5.41, 5.74) is -1.44. The molecule has 0 aromatic heterocycles. The van der Waals surface area contributed by atoms with E-state index < -0.39 is 14.0 Å². The highest BCUT2D eigenvalue weighted by Crippen LogP contribution is 2.42. The van der Waals surface area contributed by atoms with Crippen molar-refractivity contribution in [3.8, 4) is 0 Å². The van der Waals surface area contributed by atoms with E-state index in [1.807, 2.05) is 56.3 Å². The largest absolute Gasteiger partial charge is 0.488 e. The van der Waals surface area contributed by atoms with E-state index in [9.17, 15) is 0 Å². The minimum atomic E-state index is -0.476. The Balaban J connectivity index is 2.14. The third kappa shape index (κ3) is 2.05. The molecule has 7 heteroatoms. The van der Waals surface area contributed by atoms with Gasteiger partial charge in [0.2, 0.25) is 0 Å². The van der Waals surface area contributed by atoms with E-state index in [0.29, 0.717) is 0 Å². The Bertz CT molecular complexity index is 288. The molecule has 0 aromatic rings. The molecule has 4 nitrogen and oxygen atoms in total. The third-order valence-corrected chi connectivity index (χ3v) is 4.77. The summed E-state index contributed by atoms with van der Waals surface area (Å²) < 4.78 is 23.8. The second-order valence-electron chi connectivity index (χ2n) is 7.25. The fourth-order valence-corrected chi connectivity index (χ4v) is 2.00. The van der Waals surface area contributed by atoms with Crippen LogP contribution in [0.15, 0.2) is 0 Å². The molecule has 0 aliphatic carbocycles. The van der Waals surface area contributed by atoms with Gasteiger partial charge in [-0.2, -0.15) is 0 Å².